The third-order valence-electron chi connectivity index (χ3n) is 5.95. The Morgan fingerprint density at radius 2 is 1.79 bits per heavy atom. The minimum Gasteiger partial charge on any atom is -0.493 e. The lowest BCUT2D eigenvalue weighted by molar-refractivity contribution is -0.114. The molecular weight excluding hydrogens is 348 g/mol. The SMILES string of the molecule is COc1ccc([C@]2(C#Cc3ccccc3)C[C@H](C=O)C2)cc1OC1CCCC1. The molecule has 0 saturated heterocycles. The normalized spacial score (nSPS) is 24.0. The molecule has 2 fully saturated rings. The maximum Gasteiger partial charge on any atom is 0.161 e. The molecule has 4 rings (SSSR count). The molecule has 2 aliphatic rings. The van der Waals surface area contributed by atoms with Crippen LogP contribution in [0.5, 0.6) is 11.5 Å². The predicted octanol–water partition coefficient (Wildman–Crippen LogP) is 4.92. The first kappa shape index (κ1) is 18.6. The van der Waals surface area contributed by atoms with Gasteiger partial charge in [0.25, 0.3) is 0 Å². The van der Waals surface area contributed by atoms with Crippen molar-refractivity contribution in [2.75, 3.05) is 7.11 Å². The van der Waals surface area contributed by atoms with Crippen molar-refractivity contribution in [3.8, 4) is 23.3 Å². The summed E-state index contributed by atoms with van der Waals surface area (Å²) in [5.41, 5.74) is 1.80. The van der Waals surface area contributed by atoms with E-state index in [0.29, 0.717) is 0 Å². The number of hydrogen-bond acceptors (Lipinski definition) is 3. The highest BCUT2D eigenvalue weighted by molar-refractivity contribution is 5.61. The quantitative estimate of drug-likeness (QED) is 0.551. The van der Waals surface area contributed by atoms with Gasteiger partial charge in [0.1, 0.15) is 6.29 Å². The second-order valence-corrected chi connectivity index (χ2v) is 7.89. The molecule has 0 bridgehead atoms. The van der Waals surface area contributed by atoms with Gasteiger partial charge in [-0.3, -0.25) is 0 Å². The summed E-state index contributed by atoms with van der Waals surface area (Å²) >= 11 is 0. The molecule has 0 N–H and O–H groups in total. The Bertz CT molecular complexity index is 879. The zero-order valence-electron chi connectivity index (χ0n) is 16.3. The van der Waals surface area contributed by atoms with Crippen LogP contribution in [0.4, 0.5) is 0 Å². The van der Waals surface area contributed by atoms with Gasteiger partial charge in [-0.25, -0.2) is 0 Å². The summed E-state index contributed by atoms with van der Waals surface area (Å²) in [4.78, 5) is 11.3. The smallest absolute Gasteiger partial charge is 0.161 e. The molecule has 0 spiro atoms. The molecule has 2 aromatic rings. The van der Waals surface area contributed by atoms with E-state index in [4.69, 9.17) is 9.47 Å². The molecule has 0 amide bonds. The summed E-state index contributed by atoms with van der Waals surface area (Å²) < 4.78 is 11.8. The summed E-state index contributed by atoms with van der Waals surface area (Å²) in [6.07, 6.45) is 7.47. The summed E-state index contributed by atoms with van der Waals surface area (Å²) in [6.45, 7) is 0. The van der Waals surface area contributed by atoms with E-state index in [1.807, 2.05) is 36.4 Å². The van der Waals surface area contributed by atoms with E-state index in [2.05, 4.69) is 24.0 Å². The first-order valence-electron chi connectivity index (χ1n) is 10.1. The molecule has 0 unspecified atom stereocenters. The number of carbonyl (C=O) groups excluding carboxylic acids is 1. The maximum atomic E-state index is 11.3. The van der Waals surface area contributed by atoms with E-state index >= 15 is 0 Å². The highest BCUT2D eigenvalue weighted by atomic mass is 16.5. The van der Waals surface area contributed by atoms with Gasteiger partial charge in [-0.05, 0) is 68.4 Å². The maximum absolute atomic E-state index is 11.3. The Hall–Kier alpha value is -2.73. The summed E-state index contributed by atoms with van der Waals surface area (Å²) in [6, 6.07) is 16.1. The van der Waals surface area contributed by atoms with E-state index < -0.39 is 0 Å². The van der Waals surface area contributed by atoms with E-state index in [1.54, 1.807) is 7.11 Å². The van der Waals surface area contributed by atoms with Crippen LogP contribution in [0.25, 0.3) is 0 Å². The van der Waals surface area contributed by atoms with Crippen LogP contribution in [0.2, 0.25) is 0 Å². The Labute approximate surface area is 167 Å². The number of methoxy groups -OCH3 is 1. The van der Waals surface area contributed by atoms with Crippen molar-refractivity contribution in [2.45, 2.75) is 50.0 Å². The van der Waals surface area contributed by atoms with Gasteiger partial charge in [-0.1, -0.05) is 36.1 Å². The van der Waals surface area contributed by atoms with Crippen LogP contribution in [0.15, 0.2) is 48.5 Å². The van der Waals surface area contributed by atoms with Crippen LogP contribution < -0.4 is 9.47 Å². The standard InChI is InChI=1S/C25H26O3/c1-27-23-12-11-21(15-24(23)28-22-9-5-6-10-22)25(16-20(17-25)18-26)14-13-19-7-3-2-4-8-19/h2-4,7-8,11-12,15,18,20,22H,5-6,9-10,16-17H2,1H3/t20-,25+. The molecule has 144 valence electrons. The number of carbonyl (C=O) groups is 1. The topological polar surface area (TPSA) is 35.5 Å². The minimum absolute atomic E-state index is 0.0753. The largest absolute Gasteiger partial charge is 0.493 e. The van der Waals surface area contributed by atoms with Crippen LogP contribution in [0.1, 0.15) is 49.7 Å². The van der Waals surface area contributed by atoms with Gasteiger partial charge in [-0.2, -0.15) is 0 Å². The predicted molar refractivity (Wildman–Crippen MR) is 110 cm³/mol. The Morgan fingerprint density at radius 1 is 1.04 bits per heavy atom. The van der Waals surface area contributed by atoms with Crippen molar-refractivity contribution >= 4 is 6.29 Å². The van der Waals surface area contributed by atoms with Crippen molar-refractivity contribution in [1.82, 2.24) is 0 Å². The van der Waals surface area contributed by atoms with Crippen molar-refractivity contribution in [1.29, 1.82) is 0 Å². The van der Waals surface area contributed by atoms with Crippen molar-refractivity contribution in [2.24, 2.45) is 5.92 Å². The second-order valence-electron chi connectivity index (χ2n) is 7.89. The number of ether oxygens (including phenoxy) is 2. The van der Waals surface area contributed by atoms with Crippen LogP contribution >= 0.6 is 0 Å². The fraction of sp³-hybridized carbons (Fsp3) is 0.400. The van der Waals surface area contributed by atoms with E-state index in [-0.39, 0.29) is 17.4 Å². The zero-order valence-corrected chi connectivity index (χ0v) is 16.3. The van der Waals surface area contributed by atoms with E-state index in [0.717, 1.165) is 54.6 Å². The van der Waals surface area contributed by atoms with Crippen LogP contribution in [0, 0.1) is 17.8 Å². The zero-order chi connectivity index (χ0) is 19.4. The van der Waals surface area contributed by atoms with Crippen molar-refractivity contribution in [3.05, 3.63) is 59.7 Å². The fourth-order valence-corrected chi connectivity index (χ4v) is 4.31. The summed E-state index contributed by atoms with van der Waals surface area (Å²) in [5, 5.41) is 0. The van der Waals surface area contributed by atoms with Gasteiger partial charge in [0.15, 0.2) is 11.5 Å². The summed E-state index contributed by atoms with van der Waals surface area (Å²) in [7, 11) is 1.67. The first-order chi connectivity index (χ1) is 13.7. The number of rotatable bonds is 5. The molecule has 3 nitrogen and oxygen atoms in total. The van der Waals surface area contributed by atoms with Crippen molar-refractivity contribution < 1.29 is 14.3 Å². The molecule has 2 aliphatic carbocycles. The van der Waals surface area contributed by atoms with Gasteiger partial charge in [-0.15, -0.1) is 0 Å². The lowest BCUT2D eigenvalue weighted by Gasteiger charge is -2.42. The van der Waals surface area contributed by atoms with E-state index in [9.17, 15) is 4.79 Å². The third kappa shape index (κ3) is 3.78. The lowest BCUT2D eigenvalue weighted by atomic mass is 9.59. The number of hydrogen-bond donors (Lipinski definition) is 0. The highest BCUT2D eigenvalue weighted by Gasteiger charge is 2.44. The van der Waals surface area contributed by atoms with E-state index in [1.165, 1.54) is 12.8 Å². The molecule has 0 heterocycles. The van der Waals surface area contributed by atoms with Crippen LogP contribution in [0.3, 0.4) is 0 Å². The lowest BCUT2D eigenvalue weighted by Crippen LogP contribution is -2.40. The van der Waals surface area contributed by atoms with Gasteiger partial charge >= 0.3 is 0 Å². The van der Waals surface area contributed by atoms with Gasteiger partial charge in [0, 0.05) is 11.5 Å². The average molecular weight is 374 g/mol. The Morgan fingerprint density at radius 3 is 2.46 bits per heavy atom. The highest BCUT2D eigenvalue weighted by Crippen LogP contribution is 2.48. The monoisotopic (exact) mass is 374 g/mol. The molecule has 0 radical (unpaired) electrons. The average Bonchev–Trinajstić information content (AvgIpc) is 3.21. The Balaban J connectivity index is 1.66. The molecule has 0 aliphatic heterocycles. The number of aldehydes is 1. The molecule has 0 atom stereocenters. The van der Waals surface area contributed by atoms with Gasteiger partial charge < -0.3 is 14.3 Å². The van der Waals surface area contributed by atoms with Crippen LogP contribution in [-0.2, 0) is 10.2 Å². The van der Waals surface area contributed by atoms with Gasteiger partial charge in [0.05, 0.1) is 18.6 Å². The minimum atomic E-state index is -0.304. The fourth-order valence-electron chi connectivity index (χ4n) is 4.31. The molecule has 28 heavy (non-hydrogen) atoms. The second kappa shape index (κ2) is 8.10. The molecule has 0 aromatic heterocycles. The first-order valence-corrected chi connectivity index (χ1v) is 10.1. The molecular formula is C25H26O3. The molecule has 2 saturated carbocycles. The summed E-state index contributed by atoms with van der Waals surface area (Å²) in [5.74, 6) is 8.42. The third-order valence-corrected chi connectivity index (χ3v) is 5.95. The number of benzene rings is 2. The van der Waals surface area contributed by atoms with Gasteiger partial charge in [0.2, 0.25) is 0 Å². The molecule has 2 aromatic carbocycles. The molecule has 3 heteroatoms. The van der Waals surface area contributed by atoms with Crippen molar-refractivity contribution in [3.63, 3.8) is 0 Å². The van der Waals surface area contributed by atoms with Crippen LogP contribution in [-0.4, -0.2) is 19.5 Å². The Kier molecular flexibility index (Phi) is 5.39.